The fraction of sp³-hybridized carbons (Fsp3) is 0.538. The molecule has 2 unspecified atom stereocenters. The molecule has 1 aromatic rings. The number of hydrogen-bond donors (Lipinski definition) is 3. The van der Waals surface area contributed by atoms with Gasteiger partial charge in [-0.2, -0.15) is 0 Å². The Hall–Kier alpha value is -1.40. The molecule has 0 aromatic carbocycles. The first kappa shape index (κ1) is 14.0. The molecule has 1 aromatic heterocycles. The average molecular weight is 283 g/mol. The molecule has 1 amide bonds. The molecule has 1 aliphatic carbocycles. The molecular weight excluding hydrogens is 266 g/mol. The predicted molar refractivity (Wildman–Crippen MR) is 71.5 cm³/mol. The molecule has 0 aliphatic heterocycles. The van der Waals surface area contributed by atoms with E-state index in [0.29, 0.717) is 11.5 Å². The molecule has 0 spiro atoms. The maximum absolute atomic E-state index is 12.0. The molecule has 2 rings (SSSR count). The summed E-state index contributed by atoms with van der Waals surface area (Å²) < 4.78 is 0. The summed E-state index contributed by atoms with van der Waals surface area (Å²) in [6, 6.07) is 0. The highest BCUT2D eigenvalue weighted by Gasteiger charge is 2.23. The highest BCUT2D eigenvalue weighted by Crippen LogP contribution is 2.32. The van der Waals surface area contributed by atoms with E-state index in [2.05, 4.69) is 12.2 Å². The standard InChI is InChI=1S/C13H17NO4S/c1-7-2-3-8-9(6-19-11(8)4-7)12(16)14-5-10(15)13(17)18/h6-7,10,15H,2-5H2,1H3,(H,14,16)(H,17,18). The van der Waals surface area contributed by atoms with Crippen molar-refractivity contribution < 1.29 is 19.8 Å². The number of nitrogens with one attached hydrogen (secondary N) is 1. The van der Waals surface area contributed by atoms with Gasteiger partial charge in [-0.25, -0.2) is 4.79 Å². The molecule has 1 heterocycles. The molecule has 0 radical (unpaired) electrons. The van der Waals surface area contributed by atoms with Crippen molar-refractivity contribution in [2.75, 3.05) is 6.54 Å². The van der Waals surface area contributed by atoms with E-state index in [-0.39, 0.29) is 12.5 Å². The van der Waals surface area contributed by atoms with Gasteiger partial charge < -0.3 is 15.5 Å². The van der Waals surface area contributed by atoms with Crippen LogP contribution in [0.1, 0.15) is 34.1 Å². The molecule has 5 nitrogen and oxygen atoms in total. The molecule has 1 aliphatic rings. The van der Waals surface area contributed by atoms with Crippen LogP contribution >= 0.6 is 11.3 Å². The van der Waals surface area contributed by atoms with Crippen LogP contribution in [0.2, 0.25) is 0 Å². The van der Waals surface area contributed by atoms with Crippen molar-refractivity contribution in [3.63, 3.8) is 0 Å². The number of carbonyl (C=O) groups excluding carboxylic acids is 1. The van der Waals surface area contributed by atoms with Crippen LogP contribution < -0.4 is 5.32 Å². The third kappa shape index (κ3) is 3.13. The number of aliphatic carboxylic acids is 1. The van der Waals surface area contributed by atoms with E-state index in [1.165, 1.54) is 4.88 Å². The summed E-state index contributed by atoms with van der Waals surface area (Å²) in [7, 11) is 0. The number of thiophene rings is 1. The summed E-state index contributed by atoms with van der Waals surface area (Å²) in [6.45, 7) is 1.93. The van der Waals surface area contributed by atoms with E-state index in [4.69, 9.17) is 10.2 Å². The number of amides is 1. The Labute approximate surface area is 115 Å². The van der Waals surface area contributed by atoms with Gasteiger partial charge in [-0.3, -0.25) is 4.79 Å². The SMILES string of the molecule is CC1CCc2c(C(=O)NCC(O)C(=O)O)csc2C1. The van der Waals surface area contributed by atoms with Gasteiger partial charge in [-0.05, 0) is 30.7 Å². The first-order valence-electron chi connectivity index (χ1n) is 6.27. The Kier molecular flexibility index (Phi) is 4.21. The van der Waals surface area contributed by atoms with Crippen molar-refractivity contribution in [1.29, 1.82) is 0 Å². The summed E-state index contributed by atoms with van der Waals surface area (Å²) in [5.74, 6) is -0.982. The monoisotopic (exact) mass is 283 g/mol. The van der Waals surface area contributed by atoms with Gasteiger partial charge in [0.2, 0.25) is 0 Å². The molecule has 19 heavy (non-hydrogen) atoms. The van der Waals surface area contributed by atoms with Crippen molar-refractivity contribution in [3.8, 4) is 0 Å². The molecule has 3 N–H and O–H groups in total. The predicted octanol–water partition coefficient (Wildman–Crippen LogP) is 1.05. The van der Waals surface area contributed by atoms with E-state index < -0.39 is 12.1 Å². The van der Waals surface area contributed by atoms with Gasteiger partial charge in [0.25, 0.3) is 5.91 Å². The lowest BCUT2D eigenvalue weighted by atomic mass is 9.88. The second-order valence-electron chi connectivity index (χ2n) is 4.96. The van der Waals surface area contributed by atoms with Gasteiger partial charge >= 0.3 is 5.97 Å². The molecule has 104 valence electrons. The lowest BCUT2D eigenvalue weighted by Crippen LogP contribution is -2.36. The highest BCUT2D eigenvalue weighted by atomic mass is 32.1. The number of rotatable bonds is 4. The van der Waals surface area contributed by atoms with Crippen molar-refractivity contribution in [2.24, 2.45) is 5.92 Å². The lowest BCUT2D eigenvalue weighted by molar-refractivity contribution is -0.146. The zero-order chi connectivity index (χ0) is 14.0. The summed E-state index contributed by atoms with van der Waals surface area (Å²) in [5, 5.41) is 22.0. The van der Waals surface area contributed by atoms with Crippen LogP contribution in [0.3, 0.4) is 0 Å². The van der Waals surface area contributed by atoms with Crippen molar-refractivity contribution in [2.45, 2.75) is 32.3 Å². The van der Waals surface area contributed by atoms with Gasteiger partial charge in [0, 0.05) is 10.3 Å². The average Bonchev–Trinajstić information content (AvgIpc) is 2.78. The largest absolute Gasteiger partial charge is 0.479 e. The third-order valence-electron chi connectivity index (χ3n) is 3.39. The first-order chi connectivity index (χ1) is 8.99. The van der Waals surface area contributed by atoms with E-state index in [1.807, 2.05) is 5.38 Å². The van der Waals surface area contributed by atoms with Crippen LogP contribution in [-0.2, 0) is 17.6 Å². The fourth-order valence-corrected chi connectivity index (χ4v) is 3.48. The summed E-state index contributed by atoms with van der Waals surface area (Å²) >= 11 is 1.58. The Morgan fingerprint density at radius 2 is 2.32 bits per heavy atom. The van der Waals surface area contributed by atoms with Crippen LogP contribution in [0, 0.1) is 5.92 Å². The van der Waals surface area contributed by atoms with E-state index >= 15 is 0 Å². The number of carboxylic acid groups (broad SMARTS) is 1. The molecule has 0 fully saturated rings. The Balaban J connectivity index is 2.02. The van der Waals surface area contributed by atoms with Crippen molar-refractivity contribution >= 4 is 23.2 Å². The molecule has 0 bridgehead atoms. The second kappa shape index (κ2) is 5.71. The smallest absolute Gasteiger partial charge is 0.334 e. The molecule has 6 heteroatoms. The molecular formula is C13H17NO4S. The summed E-state index contributed by atoms with van der Waals surface area (Å²) in [6.07, 6.45) is 1.41. The van der Waals surface area contributed by atoms with E-state index in [0.717, 1.165) is 24.8 Å². The van der Waals surface area contributed by atoms with Crippen LogP contribution in [0.15, 0.2) is 5.38 Å². The number of carboxylic acids is 1. The Morgan fingerprint density at radius 1 is 1.58 bits per heavy atom. The van der Waals surface area contributed by atoms with Gasteiger partial charge in [0.1, 0.15) is 0 Å². The number of fused-ring (bicyclic) bond motifs is 1. The quantitative estimate of drug-likeness (QED) is 0.771. The van der Waals surface area contributed by atoms with Gasteiger partial charge in [-0.1, -0.05) is 6.92 Å². The Morgan fingerprint density at radius 3 is 3.00 bits per heavy atom. The lowest BCUT2D eigenvalue weighted by Gasteiger charge is -2.18. The Bertz CT molecular complexity index is 497. The van der Waals surface area contributed by atoms with Crippen molar-refractivity contribution in [3.05, 3.63) is 21.4 Å². The molecule has 0 saturated carbocycles. The molecule has 0 saturated heterocycles. The van der Waals surface area contributed by atoms with E-state index in [9.17, 15) is 9.59 Å². The summed E-state index contributed by atoms with van der Waals surface area (Å²) in [4.78, 5) is 23.7. The van der Waals surface area contributed by atoms with E-state index in [1.54, 1.807) is 11.3 Å². The van der Waals surface area contributed by atoms with Gasteiger partial charge in [0.15, 0.2) is 6.10 Å². The normalized spacial score (nSPS) is 19.6. The van der Waals surface area contributed by atoms with Crippen molar-refractivity contribution in [1.82, 2.24) is 5.32 Å². The minimum Gasteiger partial charge on any atom is -0.479 e. The van der Waals surface area contributed by atoms with Crippen LogP contribution in [-0.4, -0.2) is 34.7 Å². The topological polar surface area (TPSA) is 86.6 Å². The minimum absolute atomic E-state index is 0.269. The number of aliphatic hydroxyl groups is 1. The van der Waals surface area contributed by atoms with Gasteiger partial charge in [0.05, 0.1) is 12.1 Å². The summed E-state index contributed by atoms with van der Waals surface area (Å²) in [5.41, 5.74) is 1.72. The number of aliphatic hydroxyl groups excluding tert-OH is 1. The minimum atomic E-state index is -1.56. The number of carbonyl (C=O) groups is 2. The number of hydrogen-bond acceptors (Lipinski definition) is 4. The zero-order valence-corrected chi connectivity index (χ0v) is 11.5. The van der Waals surface area contributed by atoms with Crippen LogP contribution in [0.4, 0.5) is 0 Å². The second-order valence-corrected chi connectivity index (χ2v) is 5.93. The zero-order valence-electron chi connectivity index (χ0n) is 10.7. The van der Waals surface area contributed by atoms with Gasteiger partial charge in [-0.15, -0.1) is 11.3 Å². The maximum atomic E-state index is 12.0. The first-order valence-corrected chi connectivity index (χ1v) is 7.15. The third-order valence-corrected chi connectivity index (χ3v) is 4.44. The van der Waals surface area contributed by atoms with Crippen LogP contribution in [0.5, 0.6) is 0 Å². The fourth-order valence-electron chi connectivity index (χ4n) is 2.24. The molecule has 2 atom stereocenters. The van der Waals surface area contributed by atoms with Crippen LogP contribution in [0.25, 0.3) is 0 Å². The maximum Gasteiger partial charge on any atom is 0.334 e. The highest BCUT2D eigenvalue weighted by molar-refractivity contribution is 7.10.